The number of esters is 2. The van der Waals surface area contributed by atoms with Crippen LogP contribution >= 0.6 is 0 Å². The molecule has 6 rings (SSSR count). The predicted molar refractivity (Wildman–Crippen MR) is 139 cm³/mol. The molecule has 0 bridgehead atoms. The fraction of sp³-hybridized carbons (Fsp3) is 0.871. The molecule has 11 atom stereocenters. The van der Waals surface area contributed by atoms with E-state index in [1.54, 1.807) is 25.0 Å². The molecule has 200 valence electrons. The van der Waals surface area contributed by atoms with Crippen molar-refractivity contribution in [3.05, 3.63) is 11.1 Å². The van der Waals surface area contributed by atoms with Crippen LogP contribution < -0.4 is 0 Å². The Morgan fingerprint density at radius 2 is 1.69 bits per heavy atom. The fourth-order valence-corrected chi connectivity index (χ4v) is 10.4. The van der Waals surface area contributed by atoms with Crippen molar-refractivity contribution in [2.75, 3.05) is 13.1 Å². The first-order chi connectivity index (χ1) is 17.2. The van der Waals surface area contributed by atoms with E-state index in [0.29, 0.717) is 41.5 Å². The third-order valence-electron chi connectivity index (χ3n) is 11.9. The monoisotopic (exact) mass is 497 g/mol. The van der Waals surface area contributed by atoms with Crippen molar-refractivity contribution in [1.29, 1.82) is 0 Å². The second-order valence-corrected chi connectivity index (χ2v) is 13.8. The molecule has 36 heavy (non-hydrogen) atoms. The van der Waals surface area contributed by atoms with Crippen LogP contribution in [0.25, 0.3) is 0 Å². The van der Waals surface area contributed by atoms with Gasteiger partial charge in [-0.25, -0.2) is 0 Å². The van der Waals surface area contributed by atoms with Crippen molar-refractivity contribution in [1.82, 2.24) is 4.90 Å². The van der Waals surface area contributed by atoms with E-state index in [1.807, 2.05) is 0 Å². The Morgan fingerprint density at radius 3 is 2.44 bits per heavy atom. The Bertz CT molecular complexity index is 943. The fourth-order valence-electron chi connectivity index (χ4n) is 10.4. The van der Waals surface area contributed by atoms with Gasteiger partial charge in [-0.05, 0) is 98.7 Å². The summed E-state index contributed by atoms with van der Waals surface area (Å²) in [6, 6.07) is 0.708. The van der Waals surface area contributed by atoms with E-state index in [1.165, 1.54) is 38.8 Å². The maximum Gasteiger partial charge on any atom is 0.302 e. The topological polar surface area (TPSA) is 55.8 Å². The van der Waals surface area contributed by atoms with Crippen molar-refractivity contribution in [3.63, 3.8) is 0 Å². The maximum absolute atomic E-state index is 12.3. The lowest BCUT2D eigenvalue weighted by Crippen LogP contribution is -2.60. The molecule has 0 amide bonds. The maximum atomic E-state index is 12.3. The highest BCUT2D eigenvalue weighted by atomic mass is 16.5. The number of hydrogen-bond acceptors (Lipinski definition) is 5. The van der Waals surface area contributed by atoms with Gasteiger partial charge in [-0.15, -0.1) is 0 Å². The molecule has 2 saturated carbocycles. The number of allylic oxidation sites excluding steroid dienone is 1. The van der Waals surface area contributed by atoms with Gasteiger partial charge in [0.1, 0.15) is 12.2 Å². The van der Waals surface area contributed by atoms with Gasteiger partial charge in [0.2, 0.25) is 0 Å². The van der Waals surface area contributed by atoms with Crippen LogP contribution in [-0.2, 0) is 19.1 Å². The van der Waals surface area contributed by atoms with E-state index < -0.39 is 0 Å². The molecule has 6 aliphatic rings. The number of piperidine rings is 2. The van der Waals surface area contributed by atoms with Gasteiger partial charge in [-0.2, -0.15) is 0 Å². The van der Waals surface area contributed by atoms with E-state index in [-0.39, 0.29) is 29.6 Å². The first-order valence-corrected chi connectivity index (χ1v) is 15.0. The van der Waals surface area contributed by atoms with Crippen molar-refractivity contribution in [2.45, 2.75) is 111 Å². The van der Waals surface area contributed by atoms with Crippen LogP contribution in [0.15, 0.2) is 11.1 Å². The van der Waals surface area contributed by atoms with Crippen LogP contribution in [0.3, 0.4) is 0 Å². The first kappa shape index (κ1) is 24.9. The van der Waals surface area contributed by atoms with Crippen molar-refractivity contribution in [3.8, 4) is 0 Å². The molecule has 0 N–H and O–H groups in total. The molecule has 0 aromatic rings. The molecule has 2 aliphatic heterocycles. The van der Waals surface area contributed by atoms with E-state index in [0.717, 1.165) is 38.0 Å². The third-order valence-corrected chi connectivity index (χ3v) is 11.9. The Balaban J connectivity index is 1.31. The Hall–Kier alpha value is -1.36. The molecule has 5 nitrogen and oxygen atoms in total. The van der Waals surface area contributed by atoms with Gasteiger partial charge in [0.25, 0.3) is 0 Å². The van der Waals surface area contributed by atoms with Crippen LogP contribution in [0.2, 0.25) is 0 Å². The highest BCUT2D eigenvalue weighted by Gasteiger charge is 2.59. The molecule has 5 heteroatoms. The van der Waals surface area contributed by atoms with Gasteiger partial charge in [-0.1, -0.05) is 31.9 Å². The van der Waals surface area contributed by atoms with Crippen LogP contribution in [-0.4, -0.2) is 48.2 Å². The van der Waals surface area contributed by atoms with Gasteiger partial charge < -0.3 is 9.47 Å². The van der Waals surface area contributed by atoms with E-state index >= 15 is 0 Å². The molecule has 2 heterocycles. The van der Waals surface area contributed by atoms with Crippen molar-refractivity contribution >= 4 is 11.9 Å². The summed E-state index contributed by atoms with van der Waals surface area (Å²) in [7, 11) is 0. The normalized spacial score (nSPS) is 48.1. The third kappa shape index (κ3) is 3.98. The van der Waals surface area contributed by atoms with E-state index in [9.17, 15) is 9.59 Å². The number of hydrogen-bond donors (Lipinski definition) is 0. The smallest absolute Gasteiger partial charge is 0.302 e. The average molecular weight is 498 g/mol. The minimum atomic E-state index is -0.141. The highest BCUT2D eigenvalue weighted by Crippen LogP contribution is 2.64. The summed E-state index contributed by atoms with van der Waals surface area (Å²) in [6.45, 7) is 13.1. The molecule has 6 unspecified atom stereocenters. The minimum Gasteiger partial charge on any atom is -0.463 e. The molecule has 0 aromatic carbocycles. The largest absolute Gasteiger partial charge is 0.463 e. The molecule has 4 aliphatic carbocycles. The van der Waals surface area contributed by atoms with Crippen LogP contribution in [0.1, 0.15) is 92.4 Å². The Labute approximate surface area is 217 Å². The summed E-state index contributed by atoms with van der Waals surface area (Å²) in [5.74, 6) is 4.23. The summed E-state index contributed by atoms with van der Waals surface area (Å²) in [5.41, 5.74) is 3.59. The van der Waals surface area contributed by atoms with E-state index in [4.69, 9.17) is 9.47 Å². The van der Waals surface area contributed by atoms with Gasteiger partial charge in [0, 0.05) is 38.9 Å². The molecule has 2 saturated heterocycles. The second kappa shape index (κ2) is 9.13. The minimum absolute atomic E-state index is 0.0512. The standard InChI is InChI=1S/C31H47NO4/c1-17-6-9-28-18(2)24-14-29(36-20(4)34)30-23-8-7-21-12-22(35-19(3)33)10-11-31(21,5)27(23)13-25(30)26(24)16-32(28)15-17/h17-18,21-22,24-26,28-30H,6-16H2,1-5H3/t17-,18-,21?,22+,24?,25?,26?,28?,29-,30?,31+/m1/s1. The van der Waals surface area contributed by atoms with Gasteiger partial charge in [-0.3, -0.25) is 14.5 Å². The second-order valence-electron chi connectivity index (χ2n) is 13.8. The molecule has 4 fully saturated rings. The lowest BCUT2D eigenvalue weighted by atomic mass is 9.57. The lowest BCUT2D eigenvalue weighted by Gasteiger charge is -2.57. The zero-order valence-electron chi connectivity index (χ0n) is 23.1. The van der Waals surface area contributed by atoms with Crippen LogP contribution in [0.5, 0.6) is 0 Å². The number of nitrogens with zero attached hydrogens (tertiary/aromatic N) is 1. The number of fused-ring (bicyclic) bond motifs is 7. The SMILES string of the molecule is CC(=O)O[C@H]1CC[C@]2(C)C3=C(CCC2C1)C1C(C3)C2CN3C[C@H](C)CCC3[C@H](C)C2C[C@H]1OC(C)=O. The summed E-state index contributed by atoms with van der Waals surface area (Å²) in [4.78, 5) is 26.8. The summed E-state index contributed by atoms with van der Waals surface area (Å²) in [6.07, 6.45) is 10.5. The van der Waals surface area contributed by atoms with Crippen molar-refractivity contribution in [2.24, 2.45) is 46.8 Å². The zero-order valence-corrected chi connectivity index (χ0v) is 23.1. The predicted octanol–water partition coefficient (Wildman–Crippen LogP) is 5.77. The summed E-state index contributed by atoms with van der Waals surface area (Å²) >= 11 is 0. The summed E-state index contributed by atoms with van der Waals surface area (Å²) in [5, 5.41) is 0. The molecular formula is C31H47NO4. The van der Waals surface area contributed by atoms with Crippen LogP contribution in [0, 0.1) is 46.8 Å². The Morgan fingerprint density at radius 1 is 0.917 bits per heavy atom. The van der Waals surface area contributed by atoms with Crippen LogP contribution in [0.4, 0.5) is 0 Å². The number of carbonyl (C=O) groups excluding carboxylic acids is 2. The molecule has 0 aromatic heterocycles. The quantitative estimate of drug-likeness (QED) is 0.358. The van der Waals surface area contributed by atoms with Gasteiger partial charge in [0.05, 0.1) is 0 Å². The number of rotatable bonds is 2. The van der Waals surface area contributed by atoms with Crippen molar-refractivity contribution < 1.29 is 19.1 Å². The number of carbonyl (C=O) groups is 2. The highest BCUT2D eigenvalue weighted by molar-refractivity contribution is 5.66. The molecule has 0 radical (unpaired) electrons. The number of ether oxygens (including phenoxy) is 2. The van der Waals surface area contributed by atoms with Gasteiger partial charge in [0.15, 0.2) is 0 Å². The van der Waals surface area contributed by atoms with E-state index in [2.05, 4.69) is 25.7 Å². The first-order valence-electron chi connectivity index (χ1n) is 15.0. The molecular weight excluding hydrogens is 450 g/mol. The summed E-state index contributed by atoms with van der Waals surface area (Å²) < 4.78 is 11.9. The zero-order chi connectivity index (χ0) is 25.4. The Kier molecular flexibility index (Phi) is 6.33. The lowest BCUT2D eigenvalue weighted by molar-refractivity contribution is -0.161. The molecule has 0 spiro atoms. The van der Waals surface area contributed by atoms with Gasteiger partial charge >= 0.3 is 11.9 Å². The average Bonchev–Trinajstić information content (AvgIpc) is 3.21.